The predicted molar refractivity (Wildman–Crippen MR) is 126 cm³/mol. The zero-order valence-electron chi connectivity index (χ0n) is 19.4. The molecule has 0 aliphatic carbocycles. The van der Waals surface area contributed by atoms with Gasteiger partial charge >= 0.3 is 6.18 Å². The van der Waals surface area contributed by atoms with Crippen LogP contribution in [0.15, 0.2) is 48.5 Å². The molecule has 2 aromatic carbocycles. The number of nitrogens with two attached hydrogens (primary N) is 1. The van der Waals surface area contributed by atoms with Gasteiger partial charge in [0, 0.05) is 5.56 Å². The second-order valence-electron chi connectivity index (χ2n) is 8.94. The second-order valence-corrected chi connectivity index (χ2v) is 9.97. The molecule has 2 aliphatic heterocycles. The van der Waals surface area contributed by atoms with E-state index in [9.17, 15) is 18.3 Å². The molecule has 0 saturated carbocycles. The second kappa shape index (κ2) is 9.11. The van der Waals surface area contributed by atoms with Crippen molar-refractivity contribution in [2.45, 2.75) is 49.8 Å². The normalized spacial score (nSPS) is 28.4. The van der Waals surface area contributed by atoms with Crippen LogP contribution < -0.4 is 5.73 Å². The first-order valence-corrected chi connectivity index (χ1v) is 12.3. The number of benzene rings is 2. The monoisotopic (exact) mass is 533 g/mol. The maximum atomic E-state index is 13.1. The lowest BCUT2D eigenvalue weighted by molar-refractivity contribution is -0.309. The van der Waals surface area contributed by atoms with E-state index in [4.69, 9.17) is 19.9 Å². The third-order valence-corrected chi connectivity index (χ3v) is 7.45. The first-order chi connectivity index (χ1) is 17.7. The molecule has 0 bridgehead atoms. The number of aromatic nitrogens is 4. The van der Waals surface area contributed by atoms with Crippen LogP contribution in [0.2, 0.25) is 0 Å². The number of hydrogen-bond donors (Lipinski definition) is 2. The molecule has 4 unspecified atom stereocenters. The van der Waals surface area contributed by atoms with Gasteiger partial charge in [-0.05, 0) is 25.1 Å². The Bertz CT molecular complexity index is 1430. The van der Waals surface area contributed by atoms with E-state index < -0.39 is 47.9 Å². The molecule has 4 aromatic rings. The van der Waals surface area contributed by atoms with Crippen molar-refractivity contribution >= 4 is 21.6 Å². The summed E-state index contributed by atoms with van der Waals surface area (Å²) in [6.45, 7) is 1.85. The molecule has 2 fully saturated rings. The summed E-state index contributed by atoms with van der Waals surface area (Å²) in [5, 5.41) is 14.6. The summed E-state index contributed by atoms with van der Waals surface area (Å²) >= 11 is 0.544. The summed E-state index contributed by atoms with van der Waals surface area (Å²) in [5.41, 5.74) is 7.94. The van der Waals surface area contributed by atoms with Crippen LogP contribution >= 0.6 is 11.3 Å². The number of aryl methyl sites for hydroxylation is 1. The molecule has 13 heteroatoms. The number of alkyl halides is 3. The van der Waals surface area contributed by atoms with E-state index in [1.54, 1.807) is 19.1 Å². The van der Waals surface area contributed by atoms with Crippen molar-refractivity contribution in [1.29, 1.82) is 0 Å². The lowest BCUT2D eigenvalue weighted by Crippen LogP contribution is -2.62. The summed E-state index contributed by atoms with van der Waals surface area (Å²) in [5.74, 6) is 0.658. The molecule has 6 atom stereocenters. The van der Waals surface area contributed by atoms with Gasteiger partial charge in [-0.25, -0.2) is 14.6 Å². The molecule has 4 heterocycles. The first kappa shape index (κ1) is 24.4. The third kappa shape index (κ3) is 4.41. The van der Waals surface area contributed by atoms with E-state index in [1.165, 1.54) is 10.7 Å². The molecule has 2 aromatic heterocycles. The van der Waals surface area contributed by atoms with Crippen LogP contribution in [-0.2, 0) is 20.4 Å². The molecule has 37 heavy (non-hydrogen) atoms. The van der Waals surface area contributed by atoms with E-state index in [1.807, 2.05) is 30.3 Å². The third-order valence-electron chi connectivity index (χ3n) is 6.39. The van der Waals surface area contributed by atoms with Crippen LogP contribution in [0.25, 0.3) is 15.9 Å². The predicted octanol–water partition coefficient (Wildman–Crippen LogP) is 3.45. The topological polar surface area (TPSA) is 118 Å². The number of ether oxygens (including phenoxy) is 3. The molecule has 6 rings (SSSR count). The number of aliphatic hydroxyl groups excluding tert-OH is 1. The summed E-state index contributed by atoms with van der Waals surface area (Å²) in [6, 6.07) is 13.2. The van der Waals surface area contributed by atoms with Crippen molar-refractivity contribution in [3.63, 3.8) is 0 Å². The van der Waals surface area contributed by atoms with Crippen molar-refractivity contribution in [3.8, 4) is 5.69 Å². The van der Waals surface area contributed by atoms with Gasteiger partial charge in [0.2, 0.25) is 0 Å². The van der Waals surface area contributed by atoms with Gasteiger partial charge in [0.05, 0.1) is 28.6 Å². The summed E-state index contributed by atoms with van der Waals surface area (Å²) in [7, 11) is 0. The summed E-state index contributed by atoms with van der Waals surface area (Å²) < 4.78 is 59.3. The number of hydrogen-bond acceptors (Lipinski definition) is 9. The fourth-order valence-electron chi connectivity index (χ4n) is 4.64. The minimum absolute atomic E-state index is 0.182. The van der Waals surface area contributed by atoms with E-state index in [-0.39, 0.29) is 17.9 Å². The van der Waals surface area contributed by atoms with Crippen LogP contribution in [0.1, 0.15) is 34.6 Å². The maximum absolute atomic E-state index is 13.1. The fourth-order valence-corrected chi connectivity index (χ4v) is 5.50. The van der Waals surface area contributed by atoms with E-state index >= 15 is 0 Å². The van der Waals surface area contributed by atoms with Crippen LogP contribution in [0.4, 0.5) is 13.2 Å². The van der Waals surface area contributed by atoms with Gasteiger partial charge in [0.1, 0.15) is 30.2 Å². The smallest absolute Gasteiger partial charge is 0.388 e. The Morgan fingerprint density at radius 1 is 1.11 bits per heavy atom. The van der Waals surface area contributed by atoms with E-state index in [0.29, 0.717) is 27.5 Å². The summed E-state index contributed by atoms with van der Waals surface area (Å²) in [4.78, 5) is 8.13. The van der Waals surface area contributed by atoms with Crippen molar-refractivity contribution in [3.05, 3.63) is 70.8 Å². The fraction of sp³-hybridized carbons (Fsp3) is 0.375. The van der Waals surface area contributed by atoms with Crippen LogP contribution in [0, 0.1) is 6.92 Å². The molecule has 194 valence electrons. The Morgan fingerprint density at radius 3 is 2.65 bits per heavy atom. The highest BCUT2D eigenvalue weighted by Crippen LogP contribution is 2.39. The Balaban J connectivity index is 1.29. The number of halogens is 3. The molecule has 9 nitrogen and oxygen atoms in total. The van der Waals surface area contributed by atoms with Crippen molar-refractivity contribution in [2.75, 3.05) is 6.61 Å². The molecule has 3 N–H and O–H groups in total. The molecular formula is C24H22F3N5O4S. The van der Waals surface area contributed by atoms with Gasteiger partial charge in [-0.3, -0.25) is 0 Å². The van der Waals surface area contributed by atoms with E-state index in [2.05, 4.69) is 15.1 Å². The number of aliphatic hydroxyl groups is 1. The largest absolute Gasteiger partial charge is 0.443 e. The SMILES string of the molecule is Cc1nc([C@@H]2OC3COC(c4ccccc4)O[C@@H]3C(N)C2O)n(-c2ccc3nc(C(F)(F)F)sc3c2)n1. The summed E-state index contributed by atoms with van der Waals surface area (Å²) in [6.07, 6.45) is -8.54. The molecule has 0 radical (unpaired) electrons. The van der Waals surface area contributed by atoms with Gasteiger partial charge in [-0.1, -0.05) is 30.3 Å². The molecule has 0 amide bonds. The van der Waals surface area contributed by atoms with Gasteiger partial charge in [0.15, 0.2) is 17.1 Å². The molecule has 2 saturated heterocycles. The highest BCUT2D eigenvalue weighted by Gasteiger charge is 2.49. The van der Waals surface area contributed by atoms with Gasteiger partial charge in [-0.15, -0.1) is 11.3 Å². The number of fused-ring (bicyclic) bond motifs is 2. The minimum Gasteiger partial charge on any atom is -0.388 e. The average Bonchev–Trinajstić information content (AvgIpc) is 3.49. The molecule has 0 spiro atoms. The zero-order chi connectivity index (χ0) is 25.9. The van der Waals surface area contributed by atoms with Crippen molar-refractivity contribution in [1.82, 2.24) is 19.7 Å². The Morgan fingerprint density at radius 2 is 1.89 bits per heavy atom. The van der Waals surface area contributed by atoms with Crippen molar-refractivity contribution in [2.24, 2.45) is 5.73 Å². The van der Waals surface area contributed by atoms with Crippen LogP contribution in [0.5, 0.6) is 0 Å². The first-order valence-electron chi connectivity index (χ1n) is 11.5. The highest BCUT2D eigenvalue weighted by molar-refractivity contribution is 7.18. The highest BCUT2D eigenvalue weighted by atomic mass is 32.1. The van der Waals surface area contributed by atoms with Gasteiger partial charge < -0.3 is 25.1 Å². The zero-order valence-corrected chi connectivity index (χ0v) is 20.2. The van der Waals surface area contributed by atoms with E-state index in [0.717, 1.165) is 5.56 Å². The Hall–Kier alpha value is -2.94. The molecular weight excluding hydrogens is 511 g/mol. The lowest BCUT2D eigenvalue weighted by Gasteiger charge is -2.46. The van der Waals surface area contributed by atoms with Crippen LogP contribution in [-0.4, -0.2) is 55.8 Å². The van der Waals surface area contributed by atoms with Crippen molar-refractivity contribution < 1.29 is 32.5 Å². The number of rotatable bonds is 3. The quantitative estimate of drug-likeness (QED) is 0.411. The standard InChI is InChI=1S/C24H22F3N5O4S/c1-11-29-21(32(31-11)13-7-8-14-16(9-13)37-23(30-14)24(25,26)27)20-18(33)17(28)19-15(35-20)10-34-22(36-19)12-5-3-2-4-6-12/h2-9,15,17-20,22,33H,10,28H2,1H3/t15?,17?,18?,19-,20+,22?/m0/s1. The lowest BCUT2D eigenvalue weighted by atomic mass is 9.92. The number of thiazole rings is 1. The van der Waals surface area contributed by atoms with Gasteiger partial charge in [0.25, 0.3) is 0 Å². The van der Waals surface area contributed by atoms with Gasteiger partial charge in [-0.2, -0.15) is 18.3 Å². The average molecular weight is 534 g/mol. The number of nitrogens with zero attached hydrogens (tertiary/aromatic N) is 4. The molecule has 2 aliphatic rings. The van der Waals surface area contributed by atoms with Crippen LogP contribution in [0.3, 0.4) is 0 Å². The maximum Gasteiger partial charge on any atom is 0.443 e. The minimum atomic E-state index is -4.53. The Labute approximate surface area is 212 Å². The Kier molecular flexibility index (Phi) is 6.01.